The summed E-state index contributed by atoms with van der Waals surface area (Å²) in [5, 5.41) is 0. The average Bonchev–Trinajstić information content (AvgIpc) is 2.93. The zero-order valence-electron chi connectivity index (χ0n) is 16.9. The van der Waals surface area contributed by atoms with E-state index in [-0.39, 0.29) is 5.91 Å². The van der Waals surface area contributed by atoms with Crippen LogP contribution in [0.5, 0.6) is 11.5 Å². The van der Waals surface area contributed by atoms with Crippen molar-refractivity contribution in [1.82, 2.24) is 4.90 Å². The first kappa shape index (κ1) is 18.7. The molecule has 2 unspecified atom stereocenters. The number of likely N-dealkylation sites (tertiary alicyclic amines) is 1. The van der Waals surface area contributed by atoms with Crippen molar-refractivity contribution in [3.05, 3.63) is 47.5 Å². The molecule has 1 amide bonds. The highest BCUT2D eigenvalue weighted by Gasteiger charge is 2.44. The molecule has 0 spiro atoms. The van der Waals surface area contributed by atoms with E-state index in [1.165, 1.54) is 28.3 Å². The minimum atomic E-state index is 0.0540. The Labute approximate surface area is 176 Å². The summed E-state index contributed by atoms with van der Waals surface area (Å²) in [6, 6.07) is 12.6. The first-order valence-corrected chi connectivity index (χ1v) is 11.2. The first-order valence-electron chi connectivity index (χ1n) is 10.2. The van der Waals surface area contributed by atoms with Gasteiger partial charge in [0.15, 0.2) is 0 Å². The average molecular weight is 411 g/mol. The number of amides is 1. The van der Waals surface area contributed by atoms with E-state index in [0.29, 0.717) is 29.0 Å². The molecule has 3 aliphatic heterocycles. The van der Waals surface area contributed by atoms with Gasteiger partial charge in [-0.1, -0.05) is 12.1 Å². The summed E-state index contributed by atoms with van der Waals surface area (Å²) in [4.78, 5) is 19.4. The molecule has 0 N–H and O–H groups in total. The van der Waals surface area contributed by atoms with Crippen LogP contribution in [-0.4, -0.2) is 56.5 Å². The van der Waals surface area contributed by atoms with Crippen LogP contribution in [0.25, 0.3) is 0 Å². The van der Waals surface area contributed by atoms with E-state index in [2.05, 4.69) is 23.1 Å². The lowest BCUT2D eigenvalue weighted by atomic mass is 9.88. The molecule has 2 atom stereocenters. The van der Waals surface area contributed by atoms with Crippen LogP contribution in [0, 0.1) is 0 Å². The summed E-state index contributed by atoms with van der Waals surface area (Å²) in [6.45, 7) is 2.67. The lowest BCUT2D eigenvalue weighted by Gasteiger charge is -2.39. The number of hydrogen-bond acceptors (Lipinski definition) is 5. The molecule has 3 heterocycles. The molecule has 1 fully saturated rings. The summed E-state index contributed by atoms with van der Waals surface area (Å²) < 4.78 is 10.7. The second-order valence-corrected chi connectivity index (χ2v) is 9.04. The molecule has 152 valence electrons. The van der Waals surface area contributed by atoms with E-state index in [1.807, 2.05) is 16.7 Å². The van der Waals surface area contributed by atoms with Gasteiger partial charge in [0.1, 0.15) is 11.5 Å². The number of carbonyl (C=O) groups excluding carboxylic acids is 1. The standard InChI is InChI=1S/C23H26N2O3S/c1-27-16-11-15(12-17(13-16)28-2)23(26)24-9-7-20-19(14-24)18-5-3-6-21-22(18)25(20)8-4-10-29-21/h3,5-6,11-13,19-20H,4,7-10,14H2,1-2H3. The molecule has 2 aromatic carbocycles. The van der Waals surface area contributed by atoms with Crippen molar-refractivity contribution in [3.8, 4) is 11.5 Å². The summed E-state index contributed by atoms with van der Waals surface area (Å²) in [6.07, 6.45) is 2.23. The lowest BCUT2D eigenvalue weighted by molar-refractivity contribution is 0.0696. The third-order valence-corrected chi connectivity index (χ3v) is 7.51. The van der Waals surface area contributed by atoms with Crippen molar-refractivity contribution in [1.29, 1.82) is 0 Å². The Morgan fingerprint density at radius 1 is 1.10 bits per heavy atom. The van der Waals surface area contributed by atoms with E-state index >= 15 is 0 Å². The van der Waals surface area contributed by atoms with Crippen LogP contribution < -0.4 is 14.4 Å². The van der Waals surface area contributed by atoms with Gasteiger partial charge in [0.25, 0.3) is 5.91 Å². The van der Waals surface area contributed by atoms with Crippen LogP contribution in [0.15, 0.2) is 41.3 Å². The normalized spacial score (nSPS) is 22.6. The molecule has 3 aliphatic rings. The molecule has 29 heavy (non-hydrogen) atoms. The Bertz CT molecular complexity index is 925. The Morgan fingerprint density at radius 3 is 2.66 bits per heavy atom. The highest BCUT2D eigenvalue weighted by atomic mass is 32.2. The highest BCUT2D eigenvalue weighted by Crippen LogP contribution is 2.50. The van der Waals surface area contributed by atoms with Crippen molar-refractivity contribution in [2.24, 2.45) is 0 Å². The van der Waals surface area contributed by atoms with Gasteiger partial charge in [0.05, 0.1) is 19.9 Å². The number of nitrogens with zero attached hydrogens (tertiary/aromatic N) is 2. The molecule has 2 aromatic rings. The Morgan fingerprint density at radius 2 is 1.90 bits per heavy atom. The van der Waals surface area contributed by atoms with E-state index in [0.717, 1.165) is 26.1 Å². The summed E-state index contributed by atoms with van der Waals surface area (Å²) >= 11 is 1.98. The highest BCUT2D eigenvalue weighted by molar-refractivity contribution is 7.99. The Balaban J connectivity index is 1.44. The number of methoxy groups -OCH3 is 2. The van der Waals surface area contributed by atoms with Crippen molar-refractivity contribution >= 4 is 23.4 Å². The summed E-state index contributed by atoms with van der Waals surface area (Å²) in [7, 11) is 3.22. The second kappa shape index (κ2) is 7.48. The molecule has 6 heteroatoms. The number of para-hydroxylation sites is 1. The van der Waals surface area contributed by atoms with Crippen molar-refractivity contribution < 1.29 is 14.3 Å². The third-order valence-electron chi connectivity index (χ3n) is 6.38. The number of ether oxygens (including phenoxy) is 2. The van der Waals surface area contributed by atoms with Crippen LogP contribution in [-0.2, 0) is 0 Å². The van der Waals surface area contributed by atoms with Gasteiger partial charge in [0, 0.05) is 48.1 Å². The van der Waals surface area contributed by atoms with Gasteiger partial charge in [0.2, 0.25) is 0 Å². The van der Waals surface area contributed by atoms with Crippen LogP contribution in [0.3, 0.4) is 0 Å². The smallest absolute Gasteiger partial charge is 0.254 e. The fourth-order valence-corrected chi connectivity index (χ4v) is 6.08. The van der Waals surface area contributed by atoms with Gasteiger partial charge in [-0.15, -0.1) is 11.8 Å². The Hall–Kier alpha value is -2.34. The summed E-state index contributed by atoms with van der Waals surface area (Å²) in [5.74, 6) is 2.91. The molecular weight excluding hydrogens is 384 g/mol. The van der Waals surface area contributed by atoms with E-state index in [9.17, 15) is 4.79 Å². The van der Waals surface area contributed by atoms with Gasteiger partial charge >= 0.3 is 0 Å². The van der Waals surface area contributed by atoms with Crippen molar-refractivity contribution in [2.75, 3.05) is 44.5 Å². The molecule has 5 nitrogen and oxygen atoms in total. The number of anilines is 1. The topological polar surface area (TPSA) is 42.0 Å². The van der Waals surface area contributed by atoms with Crippen molar-refractivity contribution in [3.63, 3.8) is 0 Å². The van der Waals surface area contributed by atoms with Gasteiger partial charge in [-0.2, -0.15) is 0 Å². The number of benzene rings is 2. The van der Waals surface area contributed by atoms with Crippen LogP contribution >= 0.6 is 11.8 Å². The number of carbonyl (C=O) groups is 1. The minimum Gasteiger partial charge on any atom is -0.497 e. The molecule has 0 bridgehead atoms. The number of fused-ring (bicyclic) bond motifs is 3. The number of rotatable bonds is 3. The fourth-order valence-electron chi connectivity index (χ4n) is 5.04. The van der Waals surface area contributed by atoms with Crippen LogP contribution in [0.2, 0.25) is 0 Å². The zero-order chi connectivity index (χ0) is 20.0. The quantitative estimate of drug-likeness (QED) is 0.765. The van der Waals surface area contributed by atoms with Gasteiger partial charge < -0.3 is 19.3 Å². The van der Waals surface area contributed by atoms with Gasteiger partial charge in [-0.05, 0) is 42.4 Å². The van der Waals surface area contributed by atoms with Gasteiger partial charge in [-0.3, -0.25) is 4.79 Å². The molecule has 0 saturated carbocycles. The van der Waals surface area contributed by atoms with E-state index in [4.69, 9.17) is 9.47 Å². The predicted octanol–water partition coefficient (Wildman–Crippen LogP) is 4.02. The predicted molar refractivity (Wildman–Crippen MR) is 116 cm³/mol. The largest absolute Gasteiger partial charge is 0.497 e. The zero-order valence-corrected chi connectivity index (χ0v) is 17.7. The fraction of sp³-hybridized carbons (Fsp3) is 0.435. The molecule has 1 saturated heterocycles. The van der Waals surface area contributed by atoms with Gasteiger partial charge in [-0.25, -0.2) is 0 Å². The SMILES string of the molecule is COc1cc(OC)cc(C(=O)N2CCC3C(C2)c2cccc4c2N3CCCS4)c1. The van der Waals surface area contributed by atoms with Crippen molar-refractivity contribution in [2.45, 2.75) is 29.7 Å². The maximum Gasteiger partial charge on any atom is 0.254 e. The molecule has 0 aliphatic carbocycles. The molecular formula is C23H26N2O3S. The van der Waals surface area contributed by atoms with Crippen LogP contribution in [0.1, 0.15) is 34.7 Å². The molecule has 5 rings (SSSR count). The van der Waals surface area contributed by atoms with Crippen LogP contribution in [0.4, 0.5) is 5.69 Å². The molecule has 0 aromatic heterocycles. The molecule has 0 radical (unpaired) electrons. The maximum atomic E-state index is 13.3. The maximum absolute atomic E-state index is 13.3. The first-order chi connectivity index (χ1) is 14.2. The monoisotopic (exact) mass is 410 g/mol. The van der Waals surface area contributed by atoms with E-state index < -0.39 is 0 Å². The Kier molecular flexibility index (Phi) is 4.82. The number of thioether (sulfide) groups is 1. The second-order valence-electron chi connectivity index (χ2n) is 7.90. The number of piperidine rings is 1. The van der Waals surface area contributed by atoms with E-state index in [1.54, 1.807) is 32.4 Å². The lowest BCUT2D eigenvalue weighted by Crippen LogP contribution is -2.48. The summed E-state index contributed by atoms with van der Waals surface area (Å²) in [5.41, 5.74) is 3.48. The number of hydrogen-bond donors (Lipinski definition) is 0. The minimum absolute atomic E-state index is 0.0540. The third kappa shape index (κ3) is 3.14.